The van der Waals surface area contributed by atoms with E-state index in [1.807, 2.05) is 0 Å². The second-order valence-electron chi connectivity index (χ2n) is 7.52. The number of amides is 1. The van der Waals surface area contributed by atoms with Crippen LogP contribution < -0.4 is 25.0 Å². The Labute approximate surface area is 197 Å². The van der Waals surface area contributed by atoms with E-state index in [0.29, 0.717) is 22.9 Å². The Balaban J connectivity index is 1.35. The van der Waals surface area contributed by atoms with Crippen LogP contribution in [-0.4, -0.2) is 19.3 Å². The van der Waals surface area contributed by atoms with E-state index in [4.69, 9.17) is 30.2 Å². The highest BCUT2D eigenvalue weighted by atomic mass is 35.5. The third kappa shape index (κ3) is 4.04. The van der Waals surface area contributed by atoms with Crippen molar-refractivity contribution in [2.45, 2.75) is 6.92 Å². The molecule has 9 heteroatoms. The van der Waals surface area contributed by atoms with Crippen LogP contribution in [0.5, 0.6) is 17.2 Å². The Bertz CT molecular complexity index is 1480. The van der Waals surface area contributed by atoms with Crippen molar-refractivity contribution < 1.29 is 27.8 Å². The Kier molecular flexibility index (Phi) is 5.59. The van der Waals surface area contributed by atoms with Gasteiger partial charge in [0, 0.05) is 23.4 Å². The first-order chi connectivity index (χ1) is 16.4. The summed E-state index contributed by atoms with van der Waals surface area (Å²) in [6.45, 7) is 1.43. The van der Waals surface area contributed by atoms with Gasteiger partial charge in [0.25, 0.3) is 5.91 Å². The molecule has 2 heterocycles. The molecule has 5 rings (SSSR count). The van der Waals surface area contributed by atoms with Crippen LogP contribution in [0.2, 0.25) is 5.02 Å². The van der Waals surface area contributed by atoms with Crippen molar-refractivity contribution in [1.82, 2.24) is 0 Å². The Morgan fingerprint density at radius 3 is 2.74 bits per heavy atom. The zero-order valence-electron chi connectivity index (χ0n) is 17.8. The number of nitrogens with one attached hydrogen (secondary N) is 1. The summed E-state index contributed by atoms with van der Waals surface area (Å²) < 4.78 is 36.3. The van der Waals surface area contributed by atoms with E-state index in [0.717, 1.165) is 0 Å². The van der Waals surface area contributed by atoms with E-state index in [9.17, 15) is 14.0 Å². The molecule has 1 aliphatic heterocycles. The third-order valence-electron chi connectivity index (χ3n) is 5.28. The van der Waals surface area contributed by atoms with Crippen LogP contribution in [0.15, 0.2) is 63.8 Å². The molecular weight excluding hydrogens is 465 g/mol. The van der Waals surface area contributed by atoms with E-state index in [1.54, 1.807) is 25.1 Å². The van der Waals surface area contributed by atoms with Crippen molar-refractivity contribution in [2.75, 3.05) is 18.7 Å². The molecule has 1 aromatic heterocycles. The molecule has 34 heavy (non-hydrogen) atoms. The molecule has 0 unspecified atom stereocenters. The molecule has 0 spiro atoms. The Hall–Kier alpha value is -4.04. The minimum Gasteiger partial charge on any atom is -0.484 e. The van der Waals surface area contributed by atoms with E-state index >= 15 is 0 Å². The summed E-state index contributed by atoms with van der Waals surface area (Å²) in [4.78, 5) is 25.4. The summed E-state index contributed by atoms with van der Waals surface area (Å²) in [5.74, 6) is 0.698. The number of hydrogen-bond acceptors (Lipinski definition) is 6. The molecule has 0 aliphatic carbocycles. The molecule has 0 atom stereocenters. The standard InChI is InChI=1S/C25H17ClFNO6/c1-13-23(24-17(26)3-2-4-18(24)27)25(30)16-7-6-15(10-20(16)34-13)31-11-22(29)28-14-5-8-19-21(9-14)33-12-32-19/h2-10H,11-12H2,1H3,(H,28,29). The lowest BCUT2D eigenvalue weighted by molar-refractivity contribution is -0.118. The number of carbonyl (C=O) groups excluding carboxylic acids is 1. The molecule has 0 radical (unpaired) electrons. The fourth-order valence-electron chi connectivity index (χ4n) is 3.72. The lowest BCUT2D eigenvalue weighted by Gasteiger charge is -2.11. The maximum Gasteiger partial charge on any atom is 0.262 e. The molecule has 0 saturated heterocycles. The molecule has 0 bridgehead atoms. The highest BCUT2D eigenvalue weighted by Crippen LogP contribution is 2.35. The highest BCUT2D eigenvalue weighted by Gasteiger charge is 2.20. The predicted octanol–water partition coefficient (Wildman–Crippen LogP) is 5.31. The van der Waals surface area contributed by atoms with Gasteiger partial charge >= 0.3 is 0 Å². The van der Waals surface area contributed by atoms with Crippen molar-refractivity contribution in [3.05, 3.63) is 81.4 Å². The smallest absolute Gasteiger partial charge is 0.262 e. The van der Waals surface area contributed by atoms with Gasteiger partial charge in [-0.05, 0) is 43.3 Å². The summed E-state index contributed by atoms with van der Waals surface area (Å²) in [7, 11) is 0. The van der Waals surface area contributed by atoms with E-state index in [-0.39, 0.29) is 52.2 Å². The number of rotatable bonds is 5. The van der Waals surface area contributed by atoms with Crippen molar-refractivity contribution in [1.29, 1.82) is 0 Å². The van der Waals surface area contributed by atoms with Gasteiger partial charge in [0.05, 0.1) is 16.0 Å². The molecule has 4 aromatic rings. The van der Waals surface area contributed by atoms with Crippen molar-refractivity contribution in [2.24, 2.45) is 0 Å². The topological polar surface area (TPSA) is 87.0 Å². The van der Waals surface area contributed by atoms with E-state index < -0.39 is 11.2 Å². The number of fused-ring (bicyclic) bond motifs is 2. The molecule has 1 N–H and O–H groups in total. The summed E-state index contributed by atoms with van der Waals surface area (Å²) in [5.41, 5.74) is 0.424. The largest absolute Gasteiger partial charge is 0.484 e. The number of ether oxygens (including phenoxy) is 3. The minimum atomic E-state index is -0.615. The summed E-state index contributed by atoms with van der Waals surface area (Å²) in [6, 6.07) is 13.8. The third-order valence-corrected chi connectivity index (χ3v) is 5.59. The average molecular weight is 482 g/mol. The van der Waals surface area contributed by atoms with Gasteiger partial charge in [-0.2, -0.15) is 0 Å². The Morgan fingerprint density at radius 1 is 1.09 bits per heavy atom. The summed E-state index contributed by atoms with van der Waals surface area (Å²) in [5, 5.41) is 3.06. The lowest BCUT2D eigenvalue weighted by atomic mass is 10.0. The van der Waals surface area contributed by atoms with Crippen molar-refractivity contribution >= 4 is 34.2 Å². The zero-order chi connectivity index (χ0) is 23.8. The second kappa shape index (κ2) is 8.72. The quantitative estimate of drug-likeness (QED) is 0.416. The molecular formula is C25H17ClFNO6. The van der Waals surface area contributed by atoms with Gasteiger partial charge < -0.3 is 23.9 Å². The van der Waals surface area contributed by atoms with Gasteiger partial charge in [-0.25, -0.2) is 4.39 Å². The van der Waals surface area contributed by atoms with Crippen LogP contribution in [0.4, 0.5) is 10.1 Å². The minimum absolute atomic E-state index is 0.00201. The van der Waals surface area contributed by atoms with Crippen LogP contribution in [0.25, 0.3) is 22.1 Å². The molecule has 7 nitrogen and oxygen atoms in total. The summed E-state index contributed by atoms with van der Waals surface area (Å²) in [6.07, 6.45) is 0. The van der Waals surface area contributed by atoms with E-state index in [1.165, 1.54) is 36.4 Å². The number of carbonyl (C=O) groups is 1. The molecule has 1 amide bonds. The fourth-order valence-corrected chi connectivity index (χ4v) is 3.98. The summed E-state index contributed by atoms with van der Waals surface area (Å²) >= 11 is 6.15. The number of anilines is 1. The van der Waals surface area contributed by atoms with Crippen LogP contribution in [0, 0.1) is 12.7 Å². The van der Waals surface area contributed by atoms with Gasteiger partial charge in [-0.1, -0.05) is 17.7 Å². The second-order valence-corrected chi connectivity index (χ2v) is 7.93. The number of hydrogen-bond donors (Lipinski definition) is 1. The van der Waals surface area contributed by atoms with Gasteiger partial charge in [0.1, 0.15) is 22.9 Å². The first-order valence-electron chi connectivity index (χ1n) is 10.2. The maximum absolute atomic E-state index is 14.4. The number of benzene rings is 3. The normalized spacial score (nSPS) is 12.1. The first kappa shape index (κ1) is 21.8. The van der Waals surface area contributed by atoms with Crippen LogP contribution >= 0.6 is 11.6 Å². The molecule has 1 aliphatic rings. The number of halogens is 2. The Morgan fingerprint density at radius 2 is 1.91 bits per heavy atom. The predicted molar refractivity (Wildman–Crippen MR) is 124 cm³/mol. The van der Waals surface area contributed by atoms with Crippen LogP contribution in [0.3, 0.4) is 0 Å². The molecule has 0 fully saturated rings. The van der Waals surface area contributed by atoms with Gasteiger partial charge in [0.2, 0.25) is 12.2 Å². The maximum atomic E-state index is 14.4. The van der Waals surface area contributed by atoms with Crippen LogP contribution in [-0.2, 0) is 4.79 Å². The zero-order valence-corrected chi connectivity index (χ0v) is 18.6. The fraction of sp³-hybridized carbons (Fsp3) is 0.120. The van der Waals surface area contributed by atoms with Gasteiger partial charge in [-0.15, -0.1) is 0 Å². The average Bonchev–Trinajstić information content (AvgIpc) is 3.27. The molecule has 172 valence electrons. The van der Waals surface area contributed by atoms with Crippen molar-refractivity contribution in [3.8, 4) is 28.4 Å². The van der Waals surface area contributed by atoms with Gasteiger partial charge in [0.15, 0.2) is 18.1 Å². The van der Waals surface area contributed by atoms with Crippen molar-refractivity contribution in [3.63, 3.8) is 0 Å². The SMILES string of the molecule is Cc1oc2cc(OCC(=O)Nc3ccc4c(c3)OCO4)ccc2c(=O)c1-c1c(F)cccc1Cl. The number of aryl methyl sites for hydroxylation is 1. The molecule has 0 saturated carbocycles. The first-order valence-corrected chi connectivity index (χ1v) is 10.6. The monoisotopic (exact) mass is 481 g/mol. The molecule has 3 aromatic carbocycles. The van der Waals surface area contributed by atoms with E-state index in [2.05, 4.69) is 5.32 Å². The van der Waals surface area contributed by atoms with Crippen LogP contribution in [0.1, 0.15) is 5.76 Å². The van der Waals surface area contributed by atoms with Gasteiger partial charge in [-0.3, -0.25) is 9.59 Å². The highest BCUT2D eigenvalue weighted by molar-refractivity contribution is 6.33. The lowest BCUT2D eigenvalue weighted by Crippen LogP contribution is -2.20.